The first kappa shape index (κ1) is 24.3. The average Bonchev–Trinajstić information content (AvgIpc) is 3.29. The molecule has 1 fully saturated rings. The molecule has 1 saturated heterocycles. The van der Waals surface area contributed by atoms with Gasteiger partial charge in [-0.05, 0) is 43.0 Å². The van der Waals surface area contributed by atoms with Crippen molar-refractivity contribution in [2.24, 2.45) is 11.8 Å². The van der Waals surface area contributed by atoms with Crippen LogP contribution in [-0.4, -0.2) is 77.4 Å². The number of halogens is 1. The van der Waals surface area contributed by atoms with Gasteiger partial charge >= 0.3 is 0 Å². The number of nitrogens with one attached hydrogen (secondary N) is 2. The lowest BCUT2D eigenvalue weighted by atomic mass is 9.97. The van der Waals surface area contributed by atoms with E-state index in [0.29, 0.717) is 60.1 Å². The fraction of sp³-hybridized carbons (Fsp3) is 0.440. The van der Waals surface area contributed by atoms with E-state index in [4.69, 9.17) is 9.47 Å². The van der Waals surface area contributed by atoms with Gasteiger partial charge in [-0.3, -0.25) is 9.78 Å². The number of aliphatic hydroxyl groups is 1. The molecule has 5 heterocycles. The maximum atomic E-state index is 14.7. The fourth-order valence-electron chi connectivity index (χ4n) is 4.84. The first-order chi connectivity index (χ1) is 17.5. The topological polar surface area (TPSA) is 122 Å². The van der Waals surface area contributed by atoms with Crippen LogP contribution in [0.2, 0.25) is 0 Å². The van der Waals surface area contributed by atoms with E-state index in [1.165, 1.54) is 13.3 Å². The van der Waals surface area contributed by atoms with Crippen molar-refractivity contribution < 1.29 is 23.8 Å². The minimum atomic E-state index is -0.376. The maximum Gasteiger partial charge on any atom is 0.263 e. The third kappa shape index (κ3) is 5.23. The molecule has 0 aliphatic carbocycles. The van der Waals surface area contributed by atoms with Crippen molar-refractivity contribution in [1.29, 1.82) is 0 Å². The highest BCUT2D eigenvalue weighted by Gasteiger charge is 2.32. The molecule has 2 aliphatic heterocycles. The molecule has 0 bridgehead atoms. The molecule has 5 rings (SSSR count). The number of anilines is 1. The molecule has 3 aromatic rings. The number of pyridine rings is 3. The molecule has 190 valence electrons. The molecule has 0 saturated carbocycles. The van der Waals surface area contributed by atoms with E-state index in [1.807, 2.05) is 6.07 Å². The minimum Gasteiger partial charge on any atom is -0.481 e. The number of aromatic nitrogens is 3. The Morgan fingerprint density at radius 3 is 2.94 bits per heavy atom. The molecular weight excluding hydrogens is 467 g/mol. The summed E-state index contributed by atoms with van der Waals surface area (Å²) in [4.78, 5) is 26.8. The van der Waals surface area contributed by atoms with Gasteiger partial charge in [0.1, 0.15) is 5.82 Å². The molecule has 2 aliphatic rings. The highest BCUT2D eigenvalue weighted by Crippen LogP contribution is 2.27. The second kappa shape index (κ2) is 10.7. The second-order valence-electron chi connectivity index (χ2n) is 9.14. The van der Waals surface area contributed by atoms with Gasteiger partial charge < -0.3 is 30.1 Å². The van der Waals surface area contributed by atoms with E-state index in [2.05, 4.69) is 30.5 Å². The van der Waals surface area contributed by atoms with E-state index < -0.39 is 0 Å². The van der Waals surface area contributed by atoms with Gasteiger partial charge in [-0.25, -0.2) is 14.4 Å². The zero-order valence-electron chi connectivity index (χ0n) is 20.0. The van der Waals surface area contributed by atoms with Crippen LogP contribution < -0.4 is 20.1 Å². The number of methoxy groups -OCH3 is 1. The Morgan fingerprint density at radius 1 is 1.25 bits per heavy atom. The van der Waals surface area contributed by atoms with E-state index in [9.17, 15) is 14.3 Å². The van der Waals surface area contributed by atoms with Crippen LogP contribution in [0.3, 0.4) is 0 Å². The average molecular weight is 497 g/mol. The molecule has 10 nitrogen and oxygen atoms in total. The van der Waals surface area contributed by atoms with Crippen molar-refractivity contribution in [2.45, 2.75) is 13.0 Å². The van der Waals surface area contributed by atoms with Gasteiger partial charge in [0.25, 0.3) is 5.91 Å². The van der Waals surface area contributed by atoms with E-state index >= 15 is 0 Å². The fourth-order valence-corrected chi connectivity index (χ4v) is 4.84. The van der Waals surface area contributed by atoms with Crippen LogP contribution in [0.5, 0.6) is 11.6 Å². The highest BCUT2D eigenvalue weighted by atomic mass is 19.1. The lowest BCUT2D eigenvalue weighted by molar-refractivity contribution is -0.118. The summed E-state index contributed by atoms with van der Waals surface area (Å²) in [6.07, 6.45) is 1.72. The van der Waals surface area contributed by atoms with Gasteiger partial charge in [-0.15, -0.1) is 0 Å². The third-order valence-corrected chi connectivity index (χ3v) is 6.76. The predicted octanol–water partition coefficient (Wildman–Crippen LogP) is 1.38. The van der Waals surface area contributed by atoms with E-state index in [-0.39, 0.29) is 36.8 Å². The van der Waals surface area contributed by atoms with Gasteiger partial charge in [-0.1, -0.05) is 0 Å². The van der Waals surface area contributed by atoms with E-state index in [0.717, 1.165) is 18.8 Å². The highest BCUT2D eigenvalue weighted by molar-refractivity contribution is 5.94. The first-order valence-corrected chi connectivity index (χ1v) is 12.0. The monoisotopic (exact) mass is 496 g/mol. The molecule has 3 aromatic heterocycles. The summed E-state index contributed by atoms with van der Waals surface area (Å²) < 4.78 is 25.2. The smallest absolute Gasteiger partial charge is 0.263 e. The summed E-state index contributed by atoms with van der Waals surface area (Å²) >= 11 is 0. The number of fused-ring (bicyclic) bond motifs is 2. The Balaban J connectivity index is 1.17. The quantitative estimate of drug-likeness (QED) is 0.403. The Bertz CT molecular complexity index is 1260. The molecule has 1 unspecified atom stereocenters. The van der Waals surface area contributed by atoms with Crippen molar-refractivity contribution >= 4 is 22.8 Å². The standard InChI is InChI=1S/C25H29FN6O4/c1-35-23-5-3-20-24(31-23)18(19(26)10-28-20)6-7-32-11-15(16(12-32)13-33)8-27-9-17-2-4-21-25(29-17)30-22(34)14-36-21/h2-5,10,15-16,27,33H,6-9,11-14H2,1H3,(H,29,30,34)/t15?,16-/m1/s1. The number of nitrogens with zero attached hydrogens (tertiary/aromatic N) is 4. The number of carbonyl (C=O) groups is 1. The molecule has 36 heavy (non-hydrogen) atoms. The second-order valence-corrected chi connectivity index (χ2v) is 9.14. The van der Waals surface area contributed by atoms with Crippen LogP contribution in [0, 0.1) is 17.7 Å². The van der Waals surface area contributed by atoms with E-state index in [1.54, 1.807) is 18.2 Å². The SMILES string of the molecule is COc1ccc2ncc(F)c(CCN3CC(CNCc4ccc5c(n4)NC(=O)CO5)[C@@H](CO)C3)c2n1. The number of hydrogen-bond donors (Lipinski definition) is 3. The summed E-state index contributed by atoms with van der Waals surface area (Å²) in [6.45, 7) is 3.50. The van der Waals surface area contributed by atoms with Gasteiger partial charge in [-0.2, -0.15) is 0 Å². The number of carbonyl (C=O) groups excluding carboxylic acids is 1. The third-order valence-electron chi connectivity index (χ3n) is 6.76. The minimum absolute atomic E-state index is 0.00172. The largest absolute Gasteiger partial charge is 0.481 e. The van der Waals surface area contributed by atoms with Gasteiger partial charge in [0, 0.05) is 44.4 Å². The molecule has 0 aromatic carbocycles. The number of aliphatic hydroxyl groups excluding tert-OH is 1. The van der Waals surface area contributed by atoms with Crippen LogP contribution in [0.25, 0.3) is 11.0 Å². The first-order valence-electron chi connectivity index (χ1n) is 12.0. The zero-order chi connectivity index (χ0) is 25.1. The molecule has 11 heteroatoms. The van der Waals surface area contributed by atoms with Gasteiger partial charge in [0.2, 0.25) is 5.88 Å². The Kier molecular flexibility index (Phi) is 7.21. The summed E-state index contributed by atoms with van der Waals surface area (Å²) in [5.74, 6) is 1.20. The van der Waals surface area contributed by atoms with Crippen molar-refractivity contribution in [3.8, 4) is 11.6 Å². The number of rotatable bonds is 9. The molecule has 2 atom stereocenters. The maximum absolute atomic E-state index is 14.7. The number of ether oxygens (including phenoxy) is 2. The van der Waals surface area contributed by atoms with Crippen LogP contribution in [-0.2, 0) is 17.8 Å². The normalized spacial score (nSPS) is 19.7. The Hall–Kier alpha value is -3.41. The summed E-state index contributed by atoms with van der Waals surface area (Å²) in [5, 5.41) is 16.1. The Labute approximate surface area is 207 Å². The van der Waals surface area contributed by atoms with Crippen LogP contribution >= 0.6 is 0 Å². The van der Waals surface area contributed by atoms with Crippen molar-refractivity contribution in [3.05, 3.63) is 47.5 Å². The van der Waals surface area contributed by atoms with Gasteiger partial charge in [0.15, 0.2) is 18.2 Å². The molecule has 1 amide bonds. The molecule has 0 radical (unpaired) electrons. The predicted molar refractivity (Wildman–Crippen MR) is 130 cm³/mol. The summed E-state index contributed by atoms with van der Waals surface area (Å²) in [6, 6.07) is 7.16. The lowest BCUT2D eigenvalue weighted by Gasteiger charge is -2.19. The Morgan fingerprint density at radius 2 is 2.11 bits per heavy atom. The van der Waals surface area contributed by atoms with Crippen LogP contribution in [0.4, 0.5) is 10.2 Å². The lowest BCUT2D eigenvalue weighted by Crippen LogP contribution is -2.30. The molecule has 3 N–H and O–H groups in total. The van der Waals surface area contributed by atoms with Crippen molar-refractivity contribution in [2.75, 3.05) is 51.8 Å². The number of hydrogen-bond acceptors (Lipinski definition) is 9. The van der Waals surface area contributed by atoms with Crippen LogP contribution in [0.1, 0.15) is 11.3 Å². The van der Waals surface area contributed by atoms with Crippen molar-refractivity contribution in [3.63, 3.8) is 0 Å². The van der Waals surface area contributed by atoms with Crippen molar-refractivity contribution in [1.82, 2.24) is 25.2 Å². The number of amides is 1. The van der Waals surface area contributed by atoms with Gasteiger partial charge in [0.05, 0.1) is 30.0 Å². The summed E-state index contributed by atoms with van der Waals surface area (Å²) in [5.41, 5.74) is 2.46. The van der Waals surface area contributed by atoms with Crippen LogP contribution in [0.15, 0.2) is 30.5 Å². The molecule has 0 spiro atoms. The molecular formula is C25H29FN6O4. The summed E-state index contributed by atoms with van der Waals surface area (Å²) in [7, 11) is 1.53. The number of likely N-dealkylation sites (tertiary alicyclic amines) is 1. The zero-order valence-corrected chi connectivity index (χ0v) is 20.0.